The highest BCUT2D eigenvalue weighted by molar-refractivity contribution is 14.1. The van der Waals surface area contributed by atoms with Crippen molar-refractivity contribution in [2.45, 2.75) is 0 Å². The van der Waals surface area contributed by atoms with Crippen LogP contribution >= 0.6 is 22.6 Å². The Labute approximate surface area is 257 Å². The molecule has 0 atom stereocenters. The van der Waals surface area contributed by atoms with Crippen molar-refractivity contribution >= 4 is 79.8 Å². The zero-order chi connectivity index (χ0) is 27.5. The summed E-state index contributed by atoms with van der Waals surface area (Å²) in [5, 5.41) is 0. The molecule has 0 spiro atoms. The monoisotopic (exact) mass is 650 g/mol. The van der Waals surface area contributed by atoms with Gasteiger partial charge in [-0.3, -0.25) is 0 Å². The minimum Gasteiger partial charge on any atom is -0.453 e. The summed E-state index contributed by atoms with van der Waals surface area (Å²) in [4.78, 5) is 4.86. The van der Waals surface area contributed by atoms with Gasteiger partial charge in [-0.2, -0.15) is 0 Å². The molecule has 0 bridgehead atoms. The molecule has 4 aliphatic rings. The zero-order valence-corrected chi connectivity index (χ0v) is 24.4. The van der Waals surface area contributed by atoms with Gasteiger partial charge in [-0.15, -0.1) is 0 Å². The Morgan fingerprint density at radius 3 is 1.57 bits per heavy atom. The number of halogens is 1. The predicted octanol–water partition coefficient (Wildman–Crippen LogP) is 8.25. The average molecular weight is 650 g/mol. The first kappa shape index (κ1) is 22.9. The highest BCUT2D eigenvalue weighted by atomic mass is 127. The van der Waals surface area contributed by atoms with Gasteiger partial charge in [0.05, 0.1) is 22.7 Å². The van der Waals surface area contributed by atoms with E-state index in [4.69, 9.17) is 9.47 Å². The lowest BCUT2D eigenvalue weighted by Gasteiger charge is -2.47. The Morgan fingerprint density at radius 1 is 0.500 bits per heavy atom. The van der Waals surface area contributed by atoms with Gasteiger partial charge in [0.2, 0.25) is 0 Å². The lowest BCUT2D eigenvalue weighted by Crippen LogP contribution is -2.61. The molecule has 0 aromatic heterocycles. The molecule has 0 unspecified atom stereocenters. The summed E-state index contributed by atoms with van der Waals surface area (Å²) >= 11 is 2.46. The molecule has 0 saturated carbocycles. The smallest absolute Gasteiger partial charge is 0.252 e. The standard InChI is InChI=1S/C36H20BIN2O2/c38-25-12-2-1-9-22(25)21-19-28-34-29(20-21)40-27-14-4-6-16-31(27)42-33-18-8-11-24(36(33)40)37(34)23-10-7-17-32-35(23)39(28)26-13-3-5-15-30(26)41-32/h1-20H. The Balaban J connectivity index is 1.38. The summed E-state index contributed by atoms with van der Waals surface area (Å²) in [6.45, 7) is 0.0269. The summed E-state index contributed by atoms with van der Waals surface area (Å²) in [7, 11) is 0. The third-order valence-corrected chi connectivity index (χ3v) is 9.81. The second kappa shape index (κ2) is 8.20. The van der Waals surface area contributed by atoms with Crippen molar-refractivity contribution in [1.82, 2.24) is 0 Å². The topological polar surface area (TPSA) is 24.9 Å². The highest BCUT2D eigenvalue weighted by Gasteiger charge is 2.48. The molecule has 4 nitrogen and oxygen atoms in total. The minimum atomic E-state index is 0.0269. The predicted molar refractivity (Wildman–Crippen MR) is 179 cm³/mol. The van der Waals surface area contributed by atoms with Gasteiger partial charge in [-0.05, 0) is 105 Å². The summed E-state index contributed by atoms with van der Waals surface area (Å²) in [6, 6.07) is 43.1. The number of anilines is 6. The maximum atomic E-state index is 6.55. The molecule has 6 aromatic rings. The molecule has 0 radical (unpaired) electrons. The second-order valence-electron chi connectivity index (χ2n) is 11.0. The summed E-state index contributed by atoms with van der Waals surface area (Å²) in [6.07, 6.45) is 0. The molecule has 6 heteroatoms. The number of hydrogen-bond donors (Lipinski definition) is 0. The first-order chi connectivity index (χ1) is 20.8. The SMILES string of the molecule is Ic1ccccc1-c1cc2c3c(c1)N1c4ccccc4Oc4cccc(c41)B3c1cccc3c1N2c1ccccc1O3. The molecule has 42 heavy (non-hydrogen) atoms. The number of fused-ring (bicyclic) bond motifs is 8. The van der Waals surface area contributed by atoms with E-state index < -0.39 is 0 Å². The fraction of sp³-hybridized carbons (Fsp3) is 0. The third-order valence-electron chi connectivity index (χ3n) is 8.87. The van der Waals surface area contributed by atoms with E-state index in [1.54, 1.807) is 0 Å². The number of para-hydroxylation sites is 6. The van der Waals surface area contributed by atoms with Crippen LogP contribution in [0.1, 0.15) is 0 Å². The van der Waals surface area contributed by atoms with E-state index in [0.29, 0.717) is 0 Å². The molecular weight excluding hydrogens is 630 g/mol. The quantitative estimate of drug-likeness (QED) is 0.132. The normalized spacial score (nSPS) is 14.1. The van der Waals surface area contributed by atoms with Gasteiger partial charge >= 0.3 is 0 Å². The fourth-order valence-electron chi connectivity index (χ4n) is 7.24. The van der Waals surface area contributed by atoms with Crippen LogP contribution in [-0.4, -0.2) is 6.71 Å². The first-order valence-corrected chi connectivity index (χ1v) is 15.2. The van der Waals surface area contributed by atoms with E-state index in [9.17, 15) is 0 Å². The largest absolute Gasteiger partial charge is 0.453 e. The molecule has 0 aliphatic carbocycles. The van der Waals surface area contributed by atoms with Crippen LogP contribution < -0.4 is 35.7 Å². The van der Waals surface area contributed by atoms with Crippen LogP contribution in [0.25, 0.3) is 11.1 Å². The average Bonchev–Trinajstić information content (AvgIpc) is 3.03. The maximum Gasteiger partial charge on any atom is 0.252 e. The number of hydrogen-bond acceptors (Lipinski definition) is 4. The second-order valence-corrected chi connectivity index (χ2v) is 12.2. The zero-order valence-electron chi connectivity index (χ0n) is 22.2. The molecular formula is C36H20BIN2O2. The molecule has 6 aromatic carbocycles. The van der Waals surface area contributed by atoms with Crippen LogP contribution in [0.2, 0.25) is 0 Å². The molecule has 0 fully saturated rings. The van der Waals surface area contributed by atoms with Crippen molar-refractivity contribution in [3.8, 4) is 34.1 Å². The number of benzene rings is 6. The van der Waals surface area contributed by atoms with E-state index in [-0.39, 0.29) is 6.71 Å². The Kier molecular flexibility index (Phi) is 4.48. The Morgan fingerprint density at radius 2 is 1.00 bits per heavy atom. The molecule has 0 N–H and O–H groups in total. The van der Waals surface area contributed by atoms with Gasteiger partial charge in [0, 0.05) is 14.9 Å². The molecule has 10 rings (SSSR count). The fourth-order valence-corrected chi connectivity index (χ4v) is 7.94. The van der Waals surface area contributed by atoms with E-state index in [1.807, 2.05) is 12.1 Å². The van der Waals surface area contributed by atoms with Gasteiger partial charge in [-0.1, -0.05) is 66.7 Å². The lowest BCUT2D eigenvalue weighted by molar-refractivity contribution is 0.477. The van der Waals surface area contributed by atoms with Crippen molar-refractivity contribution in [2.75, 3.05) is 9.80 Å². The summed E-state index contributed by atoms with van der Waals surface area (Å²) in [5.41, 5.74) is 12.9. The van der Waals surface area contributed by atoms with Gasteiger partial charge in [-0.25, -0.2) is 0 Å². The Bertz CT molecular complexity index is 2040. The van der Waals surface area contributed by atoms with Crippen LogP contribution in [0, 0.1) is 3.57 Å². The van der Waals surface area contributed by atoms with Crippen LogP contribution in [-0.2, 0) is 0 Å². The van der Waals surface area contributed by atoms with Crippen LogP contribution in [0.4, 0.5) is 34.1 Å². The number of ether oxygens (including phenoxy) is 2. The highest BCUT2D eigenvalue weighted by Crippen LogP contribution is 2.56. The van der Waals surface area contributed by atoms with E-state index in [0.717, 1.165) is 45.7 Å². The van der Waals surface area contributed by atoms with Crippen molar-refractivity contribution in [1.29, 1.82) is 0 Å². The minimum absolute atomic E-state index is 0.0269. The van der Waals surface area contributed by atoms with E-state index >= 15 is 0 Å². The molecule has 196 valence electrons. The van der Waals surface area contributed by atoms with Gasteiger partial charge in [0.15, 0.2) is 23.0 Å². The van der Waals surface area contributed by atoms with Crippen molar-refractivity contribution in [3.05, 3.63) is 125 Å². The van der Waals surface area contributed by atoms with E-state index in [1.165, 1.54) is 42.5 Å². The van der Waals surface area contributed by atoms with Crippen LogP contribution in [0.3, 0.4) is 0 Å². The van der Waals surface area contributed by atoms with Crippen LogP contribution in [0.5, 0.6) is 23.0 Å². The molecule has 0 saturated heterocycles. The van der Waals surface area contributed by atoms with Crippen molar-refractivity contribution in [3.63, 3.8) is 0 Å². The van der Waals surface area contributed by atoms with Crippen LogP contribution in [0.15, 0.2) is 121 Å². The first-order valence-electron chi connectivity index (χ1n) is 14.1. The van der Waals surface area contributed by atoms with Gasteiger partial charge in [0.1, 0.15) is 0 Å². The lowest BCUT2D eigenvalue weighted by atomic mass is 9.33. The molecule has 4 heterocycles. The number of nitrogens with zero attached hydrogens (tertiary/aromatic N) is 2. The third kappa shape index (κ3) is 2.87. The van der Waals surface area contributed by atoms with Gasteiger partial charge < -0.3 is 19.3 Å². The number of rotatable bonds is 1. The van der Waals surface area contributed by atoms with Crippen molar-refractivity contribution in [2.24, 2.45) is 0 Å². The van der Waals surface area contributed by atoms with E-state index in [2.05, 4.69) is 142 Å². The maximum absolute atomic E-state index is 6.55. The van der Waals surface area contributed by atoms with Gasteiger partial charge in [0.25, 0.3) is 6.71 Å². The Hall–Kier alpha value is -4.69. The summed E-state index contributed by atoms with van der Waals surface area (Å²) in [5.74, 6) is 3.49. The molecule has 0 amide bonds. The summed E-state index contributed by atoms with van der Waals surface area (Å²) < 4.78 is 14.3. The van der Waals surface area contributed by atoms with Crippen molar-refractivity contribution < 1.29 is 9.47 Å². The molecule has 4 aliphatic heterocycles.